The van der Waals surface area contributed by atoms with Crippen LogP contribution in [0.15, 0.2) is 24.3 Å². The Balaban J connectivity index is 2.87. The van der Waals surface area contributed by atoms with Crippen molar-refractivity contribution in [3.8, 4) is 0 Å². The van der Waals surface area contributed by atoms with Crippen molar-refractivity contribution in [2.45, 2.75) is 44.4 Å². The van der Waals surface area contributed by atoms with E-state index in [1.54, 1.807) is 19.1 Å². The van der Waals surface area contributed by atoms with E-state index < -0.39 is 30.6 Å². The number of benzene rings is 1. The molecule has 0 fully saturated rings. The smallest absolute Gasteiger partial charge is 0.356 e. The maximum Gasteiger partial charge on any atom is 0.423 e. The van der Waals surface area contributed by atoms with Gasteiger partial charge in [0.1, 0.15) is 0 Å². The first-order chi connectivity index (χ1) is 9.43. The summed E-state index contributed by atoms with van der Waals surface area (Å²) in [4.78, 5) is 0. The van der Waals surface area contributed by atoms with E-state index in [0.29, 0.717) is 5.56 Å². The van der Waals surface area contributed by atoms with Gasteiger partial charge < -0.3 is 10.5 Å². The molecule has 2 unspecified atom stereocenters. The van der Waals surface area contributed by atoms with Crippen LogP contribution in [0.3, 0.4) is 0 Å². The summed E-state index contributed by atoms with van der Waals surface area (Å²) in [7, 11) is 0. The van der Waals surface area contributed by atoms with Crippen LogP contribution in [0.2, 0.25) is 0 Å². The molecule has 0 radical (unpaired) electrons. The second kappa shape index (κ2) is 6.23. The quantitative estimate of drug-likeness (QED) is 0.856. The molecular weight excluding hydrogens is 300 g/mol. The Labute approximate surface area is 117 Å². The van der Waals surface area contributed by atoms with Crippen LogP contribution in [0.1, 0.15) is 24.1 Å². The number of ether oxygens (including phenoxy) is 1. The van der Waals surface area contributed by atoms with Crippen LogP contribution in [-0.4, -0.2) is 24.6 Å². The van der Waals surface area contributed by atoms with Gasteiger partial charge in [0, 0.05) is 0 Å². The highest BCUT2D eigenvalue weighted by molar-refractivity contribution is 5.24. The Morgan fingerprint density at radius 2 is 1.38 bits per heavy atom. The van der Waals surface area contributed by atoms with Crippen molar-refractivity contribution in [1.29, 1.82) is 0 Å². The Hall–Kier alpha value is -1.28. The molecule has 0 bridgehead atoms. The Morgan fingerprint density at radius 1 is 0.952 bits per heavy atom. The van der Waals surface area contributed by atoms with Crippen molar-refractivity contribution in [2.75, 3.05) is 0 Å². The van der Waals surface area contributed by atoms with Crippen molar-refractivity contribution >= 4 is 0 Å². The van der Waals surface area contributed by atoms with Crippen LogP contribution < -0.4 is 5.73 Å². The third-order valence-electron chi connectivity index (χ3n) is 2.91. The lowest BCUT2D eigenvalue weighted by molar-refractivity contribution is -0.331. The molecule has 0 saturated carbocycles. The molecule has 120 valence electrons. The minimum atomic E-state index is -5.54. The molecule has 0 spiro atoms. The fraction of sp³-hybridized carbons (Fsp3) is 0.538. The highest BCUT2D eigenvalue weighted by Gasteiger charge is 2.58. The summed E-state index contributed by atoms with van der Waals surface area (Å²) in [6.07, 6.45) is -16.4. The summed E-state index contributed by atoms with van der Waals surface area (Å²) in [5, 5.41) is 0. The van der Waals surface area contributed by atoms with Crippen LogP contribution in [0.4, 0.5) is 26.3 Å². The molecule has 0 aliphatic carbocycles. The highest BCUT2D eigenvalue weighted by Crippen LogP contribution is 2.37. The maximum absolute atomic E-state index is 12.4. The van der Waals surface area contributed by atoms with Crippen molar-refractivity contribution in [3.63, 3.8) is 0 Å². The minimum Gasteiger partial charge on any atom is -0.356 e. The fourth-order valence-corrected chi connectivity index (χ4v) is 1.70. The molecule has 0 aliphatic heterocycles. The van der Waals surface area contributed by atoms with Gasteiger partial charge >= 0.3 is 12.4 Å². The predicted octanol–water partition coefficient (Wildman–Crippen LogP) is 3.89. The van der Waals surface area contributed by atoms with E-state index in [2.05, 4.69) is 4.74 Å². The molecular formula is C13H15F6NO. The number of hydrogen-bond donors (Lipinski definition) is 1. The average molecular weight is 315 g/mol. The number of rotatable bonds is 4. The van der Waals surface area contributed by atoms with Gasteiger partial charge in [-0.3, -0.25) is 0 Å². The molecule has 1 aromatic rings. The van der Waals surface area contributed by atoms with Gasteiger partial charge in [0.25, 0.3) is 0 Å². The Bertz CT molecular complexity index is 439. The topological polar surface area (TPSA) is 35.2 Å². The van der Waals surface area contributed by atoms with Gasteiger partial charge in [-0.15, -0.1) is 0 Å². The molecule has 2 atom stereocenters. The van der Waals surface area contributed by atoms with Crippen LogP contribution in [0, 0.1) is 6.92 Å². The molecule has 21 heavy (non-hydrogen) atoms. The van der Waals surface area contributed by atoms with Crippen LogP contribution in [-0.2, 0) is 4.74 Å². The second-order valence-corrected chi connectivity index (χ2v) is 4.74. The molecule has 1 rings (SSSR count). The Morgan fingerprint density at radius 3 is 1.76 bits per heavy atom. The molecule has 1 aromatic carbocycles. The molecule has 2 N–H and O–H groups in total. The summed E-state index contributed by atoms with van der Waals surface area (Å²) in [6, 6.07) is 5.30. The lowest BCUT2D eigenvalue weighted by Gasteiger charge is -2.29. The maximum atomic E-state index is 12.4. The lowest BCUT2D eigenvalue weighted by atomic mass is 10.0. The van der Waals surface area contributed by atoms with E-state index in [4.69, 9.17) is 5.73 Å². The van der Waals surface area contributed by atoms with Crippen molar-refractivity contribution in [3.05, 3.63) is 35.4 Å². The Kier molecular flexibility index (Phi) is 5.27. The third kappa shape index (κ3) is 4.89. The number of aryl methyl sites for hydroxylation is 1. The van der Waals surface area contributed by atoms with E-state index in [1.165, 1.54) is 12.1 Å². The number of alkyl halides is 6. The van der Waals surface area contributed by atoms with E-state index in [1.807, 2.05) is 0 Å². The first-order valence-electron chi connectivity index (χ1n) is 6.04. The van der Waals surface area contributed by atoms with Crippen LogP contribution >= 0.6 is 0 Å². The number of hydrogen-bond acceptors (Lipinski definition) is 2. The highest BCUT2D eigenvalue weighted by atomic mass is 19.4. The lowest BCUT2D eigenvalue weighted by Crippen LogP contribution is -2.47. The molecule has 2 nitrogen and oxygen atoms in total. The van der Waals surface area contributed by atoms with Crippen LogP contribution in [0.5, 0.6) is 0 Å². The van der Waals surface area contributed by atoms with E-state index in [0.717, 1.165) is 12.5 Å². The van der Waals surface area contributed by atoms with Gasteiger partial charge in [-0.1, -0.05) is 29.8 Å². The summed E-state index contributed by atoms with van der Waals surface area (Å²) < 4.78 is 78.6. The third-order valence-corrected chi connectivity index (χ3v) is 2.91. The molecule has 0 aliphatic rings. The molecule has 8 heteroatoms. The molecule has 0 heterocycles. The molecule has 0 saturated heterocycles. The normalized spacial score (nSPS) is 16.1. The second-order valence-electron chi connectivity index (χ2n) is 4.74. The molecule has 0 amide bonds. The summed E-state index contributed by atoms with van der Waals surface area (Å²) in [6.45, 7) is 2.87. The van der Waals surface area contributed by atoms with Gasteiger partial charge in [-0.25, -0.2) is 0 Å². The van der Waals surface area contributed by atoms with Gasteiger partial charge in [-0.05, 0) is 19.4 Å². The summed E-state index contributed by atoms with van der Waals surface area (Å²) >= 11 is 0. The summed E-state index contributed by atoms with van der Waals surface area (Å²) in [5.41, 5.74) is 6.95. The molecule has 0 aromatic heterocycles. The number of nitrogens with two attached hydrogens (primary N) is 1. The fourth-order valence-electron chi connectivity index (χ4n) is 1.70. The first-order valence-corrected chi connectivity index (χ1v) is 6.04. The largest absolute Gasteiger partial charge is 0.423 e. The van der Waals surface area contributed by atoms with E-state index >= 15 is 0 Å². The zero-order chi connectivity index (χ0) is 16.4. The van der Waals surface area contributed by atoms with Crippen molar-refractivity contribution in [2.24, 2.45) is 5.73 Å². The summed E-state index contributed by atoms with van der Waals surface area (Å²) in [5.74, 6) is 0. The predicted molar refractivity (Wildman–Crippen MR) is 64.6 cm³/mol. The van der Waals surface area contributed by atoms with E-state index in [-0.39, 0.29) is 0 Å². The van der Waals surface area contributed by atoms with Gasteiger partial charge in [0.2, 0.25) is 6.10 Å². The SMILES string of the molecule is Cc1ccc(C(N)C(C)OC(C(F)(F)F)C(F)(F)F)cc1. The van der Waals surface area contributed by atoms with Crippen molar-refractivity contribution in [1.82, 2.24) is 0 Å². The van der Waals surface area contributed by atoms with Gasteiger partial charge in [0.15, 0.2) is 0 Å². The standard InChI is InChI=1S/C13H15F6NO/c1-7-3-5-9(6-4-7)10(20)8(2)21-11(12(14,15)16)13(17,18)19/h3-6,8,10-11H,20H2,1-2H3. The zero-order valence-corrected chi connectivity index (χ0v) is 11.3. The van der Waals surface area contributed by atoms with Gasteiger partial charge in [0.05, 0.1) is 12.1 Å². The van der Waals surface area contributed by atoms with E-state index in [9.17, 15) is 26.3 Å². The van der Waals surface area contributed by atoms with Gasteiger partial charge in [-0.2, -0.15) is 26.3 Å². The average Bonchev–Trinajstić information content (AvgIpc) is 2.33. The zero-order valence-electron chi connectivity index (χ0n) is 11.3. The number of halogens is 6. The van der Waals surface area contributed by atoms with Crippen LogP contribution in [0.25, 0.3) is 0 Å². The minimum absolute atomic E-state index is 0.399. The first kappa shape index (κ1) is 17.8. The van der Waals surface area contributed by atoms with Crippen molar-refractivity contribution < 1.29 is 31.1 Å². The monoisotopic (exact) mass is 315 g/mol.